The lowest BCUT2D eigenvalue weighted by Crippen LogP contribution is -2.01. The SMILES string of the molecule is N#C/C=C/c1ccc(Cl)c(Cl)c1C(=O)O. The van der Waals surface area contributed by atoms with Crippen molar-refractivity contribution >= 4 is 35.2 Å². The summed E-state index contributed by atoms with van der Waals surface area (Å²) in [6.45, 7) is 0. The molecule has 0 spiro atoms. The van der Waals surface area contributed by atoms with Crippen LogP contribution in [-0.2, 0) is 0 Å². The Morgan fingerprint density at radius 2 is 2.13 bits per heavy atom. The van der Waals surface area contributed by atoms with Gasteiger partial charge in [0.1, 0.15) is 0 Å². The molecule has 0 saturated carbocycles. The number of halogens is 2. The number of allylic oxidation sites excluding steroid dienone is 1. The van der Waals surface area contributed by atoms with E-state index < -0.39 is 5.97 Å². The third kappa shape index (κ3) is 2.50. The monoisotopic (exact) mass is 241 g/mol. The third-order valence-corrected chi connectivity index (χ3v) is 2.48. The highest BCUT2D eigenvalue weighted by atomic mass is 35.5. The molecular formula is C10H5Cl2NO2. The summed E-state index contributed by atoms with van der Waals surface area (Å²) >= 11 is 11.4. The molecule has 0 saturated heterocycles. The normalized spacial score (nSPS) is 10.2. The fourth-order valence-corrected chi connectivity index (χ4v) is 1.46. The maximum absolute atomic E-state index is 10.9. The first kappa shape index (κ1) is 11.6. The largest absolute Gasteiger partial charge is 0.478 e. The maximum atomic E-state index is 10.9. The number of nitriles is 1. The zero-order chi connectivity index (χ0) is 11.4. The Morgan fingerprint density at radius 3 is 2.67 bits per heavy atom. The summed E-state index contributed by atoms with van der Waals surface area (Å²) in [5.41, 5.74) is 0.245. The Hall–Kier alpha value is -1.50. The lowest BCUT2D eigenvalue weighted by atomic mass is 10.1. The van der Waals surface area contributed by atoms with Crippen molar-refractivity contribution in [2.75, 3.05) is 0 Å². The Labute approximate surface area is 96.2 Å². The Morgan fingerprint density at radius 1 is 1.47 bits per heavy atom. The highest BCUT2D eigenvalue weighted by molar-refractivity contribution is 6.44. The smallest absolute Gasteiger partial charge is 0.337 e. The fraction of sp³-hybridized carbons (Fsp3) is 0. The van der Waals surface area contributed by atoms with Crippen LogP contribution in [0.4, 0.5) is 0 Å². The van der Waals surface area contributed by atoms with E-state index in [0.717, 1.165) is 0 Å². The van der Waals surface area contributed by atoms with Gasteiger partial charge in [-0.1, -0.05) is 29.3 Å². The van der Waals surface area contributed by atoms with Crippen LogP contribution in [0.3, 0.4) is 0 Å². The summed E-state index contributed by atoms with van der Waals surface area (Å²) in [5, 5.41) is 17.4. The number of aromatic carboxylic acids is 1. The van der Waals surface area contributed by atoms with Crippen LogP contribution in [0.15, 0.2) is 18.2 Å². The molecule has 0 heterocycles. The van der Waals surface area contributed by atoms with Crippen LogP contribution in [0, 0.1) is 11.3 Å². The minimum Gasteiger partial charge on any atom is -0.478 e. The van der Waals surface area contributed by atoms with Crippen molar-refractivity contribution in [3.8, 4) is 6.07 Å². The van der Waals surface area contributed by atoms with Gasteiger partial charge in [0.2, 0.25) is 0 Å². The van der Waals surface area contributed by atoms with E-state index in [2.05, 4.69) is 0 Å². The summed E-state index contributed by atoms with van der Waals surface area (Å²) in [6.07, 6.45) is 2.54. The predicted molar refractivity (Wildman–Crippen MR) is 58.1 cm³/mol. The minimum absolute atomic E-state index is 0.0238. The molecule has 0 unspecified atom stereocenters. The van der Waals surface area contributed by atoms with Crippen molar-refractivity contribution in [2.45, 2.75) is 0 Å². The van der Waals surface area contributed by atoms with Crippen LogP contribution in [0.5, 0.6) is 0 Å². The molecule has 1 N–H and O–H groups in total. The van der Waals surface area contributed by atoms with Crippen molar-refractivity contribution in [1.82, 2.24) is 0 Å². The van der Waals surface area contributed by atoms with Gasteiger partial charge in [0.05, 0.1) is 21.7 Å². The Bertz CT molecular complexity index is 475. The first-order valence-corrected chi connectivity index (χ1v) is 4.61. The van der Waals surface area contributed by atoms with E-state index in [9.17, 15) is 4.79 Å². The van der Waals surface area contributed by atoms with Gasteiger partial charge in [-0.15, -0.1) is 0 Å². The second-order valence-corrected chi connectivity index (χ2v) is 3.38. The molecule has 0 aliphatic carbocycles. The van der Waals surface area contributed by atoms with Crippen molar-refractivity contribution in [1.29, 1.82) is 5.26 Å². The van der Waals surface area contributed by atoms with Gasteiger partial charge in [0, 0.05) is 6.08 Å². The average molecular weight is 242 g/mol. The van der Waals surface area contributed by atoms with E-state index in [1.165, 1.54) is 24.3 Å². The van der Waals surface area contributed by atoms with Crippen LogP contribution < -0.4 is 0 Å². The number of rotatable bonds is 2. The highest BCUT2D eigenvalue weighted by Gasteiger charge is 2.15. The number of hydrogen-bond donors (Lipinski definition) is 1. The topological polar surface area (TPSA) is 61.1 Å². The van der Waals surface area contributed by atoms with Gasteiger partial charge in [0.15, 0.2) is 0 Å². The first-order valence-electron chi connectivity index (χ1n) is 3.85. The van der Waals surface area contributed by atoms with Crippen molar-refractivity contribution in [2.24, 2.45) is 0 Å². The van der Waals surface area contributed by atoms with E-state index in [4.69, 9.17) is 33.6 Å². The number of benzene rings is 1. The van der Waals surface area contributed by atoms with E-state index in [0.29, 0.717) is 5.56 Å². The molecule has 0 aliphatic rings. The zero-order valence-electron chi connectivity index (χ0n) is 7.37. The van der Waals surface area contributed by atoms with Gasteiger partial charge in [-0.3, -0.25) is 0 Å². The van der Waals surface area contributed by atoms with E-state index >= 15 is 0 Å². The van der Waals surface area contributed by atoms with Crippen molar-refractivity contribution in [3.63, 3.8) is 0 Å². The van der Waals surface area contributed by atoms with Crippen LogP contribution in [0.25, 0.3) is 6.08 Å². The second kappa shape index (κ2) is 4.83. The fourth-order valence-electron chi connectivity index (χ4n) is 1.05. The van der Waals surface area contributed by atoms with Gasteiger partial charge in [-0.25, -0.2) is 4.79 Å². The molecule has 15 heavy (non-hydrogen) atoms. The number of carboxylic acids is 1. The minimum atomic E-state index is -1.18. The Kier molecular flexibility index (Phi) is 3.73. The Balaban J connectivity index is 3.41. The van der Waals surface area contributed by atoms with Gasteiger partial charge in [0.25, 0.3) is 0 Å². The maximum Gasteiger partial charge on any atom is 0.337 e. The molecule has 0 bridgehead atoms. The van der Waals surface area contributed by atoms with Crippen molar-refractivity contribution < 1.29 is 9.90 Å². The molecule has 0 amide bonds. The lowest BCUT2D eigenvalue weighted by Gasteiger charge is -2.04. The summed E-state index contributed by atoms with van der Waals surface area (Å²) in [7, 11) is 0. The van der Waals surface area contributed by atoms with Crippen molar-refractivity contribution in [3.05, 3.63) is 39.4 Å². The molecule has 0 radical (unpaired) electrons. The molecule has 0 aliphatic heterocycles. The molecule has 1 rings (SSSR count). The van der Waals surface area contributed by atoms with E-state index in [1.54, 1.807) is 6.07 Å². The van der Waals surface area contributed by atoms with Gasteiger partial charge < -0.3 is 5.11 Å². The van der Waals surface area contributed by atoms with Crippen LogP contribution in [0.2, 0.25) is 10.0 Å². The molecule has 3 nitrogen and oxygen atoms in total. The lowest BCUT2D eigenvalue weighted by molar-refractivity contribution is 0.0697. The summed E-state index contributed by atoms with van der Waals surface area (Å²) in [5.74, 6) is -1.18. The molecule has 0 aromatic heterocycles. The molecule has 0 atom stereocenters. The van der Waals surface area contributed by atoms with Crippen LogP contribution in [-0.4, -0.2) is 11.1 Å². The molecule has 76 valence electrons. The standard InChI is InChI=1S/C10H5Cl2NO2/c11-7-4-3-6(2-1-5-13)8(9(7)12)10(14)15/h1-4H,(H,14,15)/b2-1+. The number of nitrogens with zero attached hydrogens (tertiary/aromatic N) is 1. The first-order chi connectivity index (χ1) is 7.07. The third-order valence-electron chi connectivity index (χ3n) is 1.68. The van der Waals surface area contributed by atoms with Gasteiger partial charge >= 0.3 is 5.97 Å². The molecule has 0 fully saturated rings. The van der Waals surface area contributed by atoms with E-state index in [-0.39, 0.29) is 15.6 Å². The quantitative estimate of drug-likeness (QED) is 0.809. The molecule has 1 aromatic rings. The summed E-state index contributed by atoms with van der Waals surface area (Å²) in [4.78, 5) is 10.9. The number of carboxylic acid groups (broad SMARTS) is 1. The molecule has 5 heteroatoms. The van der Waals surface area contributed by atoms with Gasteiger partial charge in [-0.05, 0) is 17.7 Å². The summed E-state index contributed by atoms with van der Waals surface area (Å²) in [6, 6.07) is 4.74. The number of carbonyl (C=O) groups is 1. The van der Waals surface area contributed by atoms with Gasteiger partial charge in [-0.2, -0.15) is 5.26 Å². The number of hydrogen-bond acceptors (Lipinski definition) is 2. The summed E-state index contributed by atoms with van der Waals surface area (Å²) < 4.78 is 0. The van der Waals surface area contributed by atoms with E-state index in [1.807, 2.05) is 0 Å². The predicted octanol–water partition coefficient (Wildman–Crippen LogP) is 3.23. The molecular weight excluding hydrogens is 237 g/mol. The zero-order valence-corrected chi connectivity index (χ0v) is 8.88. The molecule has 1 aromatic carbocycles. The highest BCUT2D eigenvalue weighted by Crippen LogP contribution is 2.29. The van der Waals surface area contributed by atoms with Crippen LogP contribution in [0.1, 0.15) is 15.9 Å². The second-order valence-electron chi connectivity index (χ2n) is 2.59. The van der Waals surface area contributed by atoms with Crippen LogP contribution >= 0.6 is 23.2 Å². The average Bonchev–Trinajstić information content (AvgIpc) is 2.19.